The van der Waals surface area contributed by atoms with E-state index in [1.54, 1.807) is 0 Å². The lowest BCUT2D eigenvalue weighted by molar-refractivity contribution is 0.217. The van der Waals surface area contributed by atoms with Crippen LogP contribution in [0, 0.1) is 0 Å². The van der Waals surface area contributed by atoms with Crippen LogP contribution in [0.2, 0.25) is 0 Å². The second kappa shape index (κ2) is 5.98. The Hall–Kier alpha value is -0.380. The standard InChI is InChI=1S/C14H22BrNO/c1-14(2,3)12-7-11(8-13(15)9-12)10-16(4)5-6-17/h7-9,17H,5-6,10H2,1-4H3. The first-order valence-corrected chi connectivity index (χ1v) is 6.71. The van der Waals surface area contributed by atoms with Gasteiger partial charge in [-0.15, -0.1) is 0 Å². The molecule has 3 heteroatoms. The Morgan fingerprint density at radius 1 is 1.24 bits per heavy atom. The van der Waals surface area contributed by atoms with Crippen LogP contribution in [-0.4, -0.2) is 30.2 Å². The Bertz CT molecular complexity index is 371. The van der Waals surface area contributed by atoms with Gasteiger partial charge in [0, 0.05) is 17.6 Å². The zero-order chi connectivity index (χ0) is 13.1. The van der Waals surface area contributed by atoms with Crippen molar-refractivity contribution < 1.29 is 5.11 Å². The van der Waals surface area contributed by atoms with E-state index >= 15 is 0 Å². The summed E-state index contributed by atoms with van der Waals surface area (Å²) in [6.45, 7) is 8.43. The van der Waals surface area contributed by atoms with E-state index in [0.29, 0.717) is 6.54 Å². The third kappa shape index (κ3) is 4.78. The van der Waals surface area contributed by atoms with Gasteiger partial charge in [-0.1, -0.05) is 42.8 Å². The summed E-state index contributed by atoms with van der Waals surface area (Å²) < 4.78 is 1.12. The molecular weight excluding hydrogens is 278 g/mol. The Labute approximate surface area is 113 Å². The van der Waals surface area contributed by atoms with E-state index in [0.717, 1.165) is 11.0 Å². The number of hydrogen-bond donors (Lipinski definition) is 1. The molecule has 0 atom stereocenters. The van der Waals surface area contributed by atoms with Gasteiger partial charge in [0.2, 0.25) is 0 Å². The van der Waals surface area contributed by atoms with E-state index < -0.39 is 0 Å². The molecule has 96 valence electrons. The molecule has 0 aliphatic heterocycles. The average Bonchev–Trinajstić information content (AvgIpc) is 2.15. The lowest BCUT2D eigenvalue weighted by Crippen LogP contribution is -2.22. The van der Waals surface area contributed by atoms with Crippen molar-refractivity contribution in [3.8, 4) is 0 Å². The number of halogens is 1. The maximum atomic E-state index is 8.90. The first kappa shape index (κ1) is 14.7. The van der Waals surface area contributed by atoms with Gasteiger partial charge in [-0.3, -0.25) is 4.90 Å². The number of likely N-dealkylation sites (N-methyl/N-ethyl adjacent to an activating group) is 1. The van der Waals surface area contributed by atoms with Crippen molar-refractivity contribution in [3.63, 3.8) is 0 Å². The monoisotopic (exact) mass is 299 g/mol. The molecule has 0 heterocycles. The summed E-state index contributed by atoms with van der Waals surface area (Å²) in [5.41, 5.74) is 2.77. The SMILES string of the molecule is CN(CCO)Cc1cc(Br)cc(C(C)(C)C)c1. The van der Waals surface area contributed by atoms with Crippen molar-refractivity contribution in [2.75, 3.05) is 20.2 Å². The summed E-state index contributed by atoms with van der Waals surface area (Å²) in [6, 6.07) is 6.57. The summed E-state index contributed by atoms with van der Waals surface area (Å²) in [5, 5.41) is 8.90. The first-order valence-electron chi connectivity index (χ1n) is 5.92. The van der Waals surface area contributed by atoms with Gasteiger partial charge >= 0.3 is 0 Å². The van der Waals surface area contributed by atoms with Crippen LogP contribution in [0.4, 0.5) is 0 Å². The van der Waals surface area contributed by atoms with Gasteiger partial charge in [0.25, 0.3) is 0 Å². The molecule has 0 fully saturated rings. The second-order valence-electron chi connectivity index (χ2n) is 5.56. The molecule has 0 aliphatic carbocycles. The Balaban J connectivity index is 2.90. The topological polar surface area (TPSA) is 23.5 Å². The maximum Gasteiger partial charge on any atom is 0.0558 e. The highest BCUT2D eigenvalue weighted by Crippen LogP contribution is 2.27. The van der Waals surface area contributed by atoms with Crippen LogP contribution in [0.25, 0.3) is 0 Å². The van der Waals surface area contributed by atoms with Crippen LogP contribution in [0.1, 0.15) is 31.9 Å². The van der Waals surface area contributed by atoms with Gasteiger partial charge < -0.3 is 5.11 Å². The fraction of sp³-hybridized carbons (Fsp3) is 0.571. The highest BCUT2D eigenvalue weighted by Gasteiger charge is 2.15. The smallest absolute Gasteiger partial charge is 0.0558 e. The van der Waals surface area contributed by atoms with E-state index in [-0.39, 0.29) is 12.0 Å². The summed E-state index contributed by atoms with van der Waals surface area (Å²) in [4.78, 5) is 2.12. The van der Waals surface area contributed by atoms with Gasteiger partial charge in [-0.05, 0) is 35.7 Å². The lowest BCUT2D eigenvalue weighted by atomic mass is 9.86. The van der Waals surface area contributed by atoms with Gasteiger partial charge in [0.15, 0.2) is 0 Å². The molecule has 1 rings (SSSR count). The molecule has 17 heavy (non-hydrogen) atoms. The van der Waals surface area contributed by atoms with E-state index in [1.807, 2.05) is 7.05 Å². The number of aliphatic hydroxyl groups is 1. The molecule has 2 nitrogen and oxygen atoms in total. The largest absolute Gasteiger partial charge is 0.395 e. The highest BCUT2D eigenvalue weighted by atomic mass is 79.9. The fourth-order valence-corrected chi connectivity index (χ4v) is 2.28. The number of aliphatic hydroxyl groups excluding tert-OH is 1. The third-order valence-electron chi connectivity index (χ3n) is 2.76. The Morgan fingerprint density at radius 2 is 1.88 bits per heavy atom. The van der Waals surface area contributed by atoms with Gasteiger partial charge in [0.05, 0.1) is 6.61 Å². The minimum atomic E-state index is 0.161. The molecule has 1 aromatic carbocycles. The van der Waals surface area contributed by atoms with E-state index in [1.165, 1.54) is 11.1 Å². The van der Waals surface area contributed by atoms with Gasteiger partial charge in [-0.2, -0.15) is 0 Å². The number of rotatable bonds is 4. The van der Waals surface area contributed by atoms with E-state index in [2.05, 4.69) is 59.8 Å². The minimum absolute atomic E-state index is 0.161. The highest BCUT2D eigenvalue weighted by molar-refractivity contribution is 9.10. The Morgan fingerprint density at radius 3 is 2.41 bits per heavy atom. The zero-order valence-electron chi connectivity index (χ0n) is 11.1. The summed E-state index contributed by atoms with van der Waals surface area (Å²) >= 11 is 3.57. The fourth-order valence-electron chi connectivity index (χ4n) is 1.74. The normalized spacial score (nSPS) is 12.2. The molecular formula is C14H22BrNO. The second-order valence-corrected chi connectivity index (χ2v) is 6.48. The van der Waals surface area contributed by atoms with Crippen LogP contribution in [0.3, 0.4) is 0 Å². The van der Waals surface area contributed by atoms with Crippen molar-refractivity contribution in [3.05, 3.63) is 33.8 Å². The number of nitrogens with zero attached hydrogens (tertiary/aromatic N) is 1. The lowest BCUT2D eigenvalue weighted by Gasteiger charge is -2.22. The van der Waals surface area contributed by atoms with E-state index in [4.69, 9.17) is 5.11 Å². The van der Waals surface area contributed by atoms with Gasteiger partial charge in [0.1, 0.15) is 0 Å². The van der Waals surface area contributed by atoms with Crippen molar-refractivity contribution >= 4 is 15.9 Å². The van der Waals surface area contributed by atoms with Crippen molar-refractivity contribution in [2.45, 2.75) is 32.7 Å². The maximum absolute atomic E-state index is 8.90. The predicted molar refractivity (Wildman–Crippen MR) is 76.3 cm³/mol. The molecule has 0 aromatic heterocycles. The summed E-state index contributed by atoms with van der Waals surface area (Å²) in [5.74, 6) is 0. The van der Waals surface area contributed by atoms with Crippen molar-refractivity contribution in [2.24, 2.45) is 0 Å². The van der Waals surface area contributed by atoms with Crippen molar-refractivity contribution in [1.82, 2.24) is 4.90 Å². The average molecular weight is 300 g/mol. The zero-order valence-corrected chi connectivity index (χ0v) is 12.7. The quantitative estimate of drug-likeness (QED) is 0.923. The molecule has 0 spiro atoms. The van der Waals surface area contributed by atoms with Crippen LogP contribution in [0.5, 0.6) is 0 Å². The molecule has 0 amide bonds. The van der Waals surface area contributed by atoms with Crippen LogP contribution >= 0.6 is 15.9 Å². The molecule has 1 aromatic rings. The predicted octanol–water partition coefficient (Wildman–Crippen LogP) is 3.17. The first-order chi connectivity index (χ1) is 7.82. The van der Waals surface area contributed by atoms with Crippen LogP contribution in [0.15, 0.2) is 22.7 Å². The molecule has 0 bridgehead atoms. The summed E-state index contributed by atoms with van der Waals surface area (Å²) in [7, 11) is 2.02. The molecule has 0 saturated heterocycles. The summed E-state index contributed by atoms with van der Waals surface area (Å²) in [6.07, 6.45) is 0. The van der Waals surface area contributed by atoms with E-state index in [9.17, 15) is 0 Å². The van der Waals surface area contributed by atoms with Crippen LogP contribution in [-0.2, 0) is 12.0 Å². The molecule has 0 saturated carbocycles. The molecule has 0 unspecified atom stereocenters. The van der Waals surface area contributed by atoms with Gasteiger partial charge in [-0.25, -0.2) is 0 Å². The van der Waals surface area contributed by atoms with Crippen molar-refractivity contribution in [1.29, 1.82) is 0 Å². The molecule has 0 radical (unpaired) electrons. The third-order valence-corrected chi connectivity index (χ3v) is 3.22. The number of benzene rings is 1. The number of hydrogen-bond acceptors (Lipinski definition) is 2. The van der Waals surface area contributed by atoms with Crippen LogP contribution < -0.4 is 0 Å². The Kier molecular flexibility index (Phi) is 5.17. The molecule has 0 aliphatic rings. The minimum Gasteiger partial charge on any atom is -0.395 e. The molecule has 1 N–H and O–H groups in total.